The molecule has 0 aromatic carbocycles. The van der Waals surface area contributed by atoms with Gasteiger partial charge in [-0.15, -0.1) is 0 Å². The number of halogens is 2. The van der Waals surface area contributed by atoms with Crippen LogP contribution in [-0.4, -0.2) is 0 Å². The first kappa shape index (κ1) is 6.81. The summed E-state index contributed by atoms with van der Waals surface area (Å²) in [7, 11) is 0. The molecular formula is C6H6BrI. The smallest absolute Gasteiger partial charge is 0.0265 e. The monoisotopic (exact) mass is 284 g/mol. The van der Waals surface area contributed by atoms with E-state index >= 15 is 0 Å². The fourth-order valence-corrected chi connectivity index (χ4v) is 1.54. The molecule has 0 amide bonds. The highest BCUT2D eigenvalue weighted by Gasteiger charge is 1.99. The van der Waals surface area contributed by atoms with Gasteiger partial charge in [0, 0.05) is 8.06 Å². The van der Waals surface area contributed by atoms with Gasteiger partial charge in [0.05, 0.1) is 0 Å². The molecule has 44 valence electrons. The molecule has 1 rings (SSSR count). The zero-order valence-electron chi connectivity index (χ0n) is 4.32. The molecule has 0 N–H and O–H groups in total. The van der Waals surface area contributed by atoms with Crippen LogP contribution in [0.25, 0.3) is 0 Å². The van der Waals surface area contributed by atoms with E-state index in [0.29, 0.717) is 0 Å². The van der Waals surface area contributed by atoms with E-state index in [1.807, 2.05) is 0 Å². The van der Waals surface area contributed by atoms with Gasteiger partial charge in [0.1, 0.15) is 0 Å². The molecule has 2 heteroatoms. The fraction of sp³-hybridized carbons (Fsp3) is 0.333. The van der Waals surface area contributed by atoms with Crippen LogP contribution in [0.4, 0.5) is 0 Å². The number of hydrogen-bond donors (Lipinski definition) is 0. The van der Waals surface area contributed by atoms with Crippen LogP contribution in [0.3, 0.4) is 0 Å². The van der Waals surface area contributed by atoms with E-state index in [1.54, 1.807) is 0 Å². The summed E-state index contributed by atoms with van der Waals surface area (Å²) in [6, 6.07) is 0. The molecule has 0 aromatic rings. The molecule has 0 aliphatic heterocycles. The lowest BCUT2D eigenvalue weighted by atomic mass is 10.2. The summed E-state index contributed by atoms with van der Waals surface area (Å²) in [5.74, 6) is 0. The van der Waals surface area contributed by atoms with Gasteiger partial charge in [0.2, 0.25) is 0 Å². The Hall–Kier alpha value is 0.690. The van der Waals surface area contributed by atoms with Crippen LogP contribution in [0.1, 0.15) is 12.8 Å². The van der Waals surface area contributed by atoms with Crippen molar-refractivity contribution in [3.63, 3.8) is 0 Å². The summed E-state index contributed by atoms with van der Waals surface area (Å²) in [4.78, 5) is 0. The minimum Gasteiger partial charge on any atom is -0.0697 e. The van der Waals surface area contributed by atoms with E-state index in [4.69, 9.17) is 0 Å². The lowest BCUT2D eigenvalue weighted by Crippen LogP contribution is -1.79. The molecule has 0 saturated heterocycles. The van der Waals surface area contributed by atoms with Crippen molar-refractivity contribution in [3.05, 3.63) is 20.2 Å². The first-order chi connectivity index (χ1) is 3.80. The second kappa shape index (κ2) is 3.01. The Labute approximate surface area is 71.3 Å². The maximum atomic E-state index is 3.44. The van der Waals surface area contributed by atoms with Crippen LogP contribution in [0.15, 0.2) is 20.2 Å². The molecule has 1 aliphatic carbocycles. The molecular weight excluding hydrogens is 279 g/mol. The summed E-state index contributed by atoms with van der Waals surface area (Å²) in [5.41, 5.74) is 0. The quantitative estimate of drug-likeness (QED) is 0.598. The van der Waals surface area contributed by atoms with Crippen molar-refractivity contribution < 1.29 is 0 Å². The maximum absolute atomic E-state index is 3.44. The second-order valence-electron chi connectivity index (χ2n) is 1.68. The van der Waals surface area contributed by atoms with Crippen molar-refractivity contribution in [1.29, 1.82) is 0 Å². The molecule has 0 aromatic heterocycles. The third kappa shape index (κ3) is 1.58. The van der Waals surface area contributed by atoms with Crippen LogP contribution in [-0.2, 0) is 0 Å². The number of rotatable bonds is 0. The standard InChI is InChI=1S/C6H6BrI/c7-5-3-1-2-4-6(5)8/h3-4H,1-2H2. The van der Waals surface area contributed by atoms with Gasteiger partial charge in [-0.2, -0.15) is 0 Å². The minimum atomic E-state index is 1.19. The largest absolute Gasteiger partial charge is 0.0697 e. The molecule has 0 radical (unpaired) electrons. The van der Waals surface area contributed by atoms with Gasteiger partial charge in [-0.1, -0.05) is 28.1 Å². The van der Waals surface area contributed by atoms with Gasteiger partial charge in [-0.25, -0.2) is 0 Å². The van der Waals surface area contributed by atoms with E-state index in [9.17, 15) is 0 Å². The normalized spacial score (nSPS) is 19.8. The van der Waals surface area contributed by atoms with Gasteiger partial charge < -0.3 is 0 Å². The Morgan fingerprint density at radius 1 is 1.38 bits per heavy atom. The fourth-order valence-electron chi connectivity index (χ4n) is 0.615. The van der Waals surface area contributed by atoms with Gasteiger partial charge >= 0.3 is 0 Å². The van der Waals surface area contributed by atoms with Crippen molar-refractivity contribution in [2.24, 2.45) is 0 Å². The highest BCUT2D eigenvalue weighted by molar-refractivity contribution is 14.1. The Morgan fingerprint density at radius 2 is 2.00 bits per heavy atom. The molecule has 0 bridgehead atoms. The molecule has 0 atom stereocenters. The van der Waals surface area contributed by atoms with Crippen LogP contribution >= 0.6 is 38.5 Å². The van der Waals surface area contributed by atoms with Gasteiger partial charge in [0.25, 0.3) is 0 Å². The Balaban J connectivity index is 2.73. The highest BCUT2D eigenvalue weighted by Crippen LogP contribution is 2.28. The predicted molar refractivity (Wildman–Crippen MR) is 48.3 cm³/mol. The lowest BCUT2D eigenvalue weighted by molar-refractivity contribution is 1.03. The van der Waals surface area contributed by atoms with E-state index in [1.165, 1.54) is 20.9 Å². The highest BCUT2D eigenvalue weighted by atomic mass is 127. The first-order valence-corrected chi connectivity index (χ1v) is 4.39. The van der Waals surface area contributed by atoms with Gasteiger partial charge in [-0.05, 0) is 35.4 Å². The average molecular weight is 285 g/mol. The van der Waals surface area contributed by atoms with Crippen molar-refractivity contribution >= 4 is 38.5 Å². The third-order valence-corrected chi connectivity index (χ3v) is 3.56. The van der Waals surface area contributed by atoms with Crippen LogP contribution < -0.4 is 0 Å². The van der Waals surface area contributed by atoms with Crippen LogP contribution in [0.2, 0.25) is 0 Å². The van der Waals surface area contributed by atoms with E-state index < -0.39 is 0 Å². The van der Waals surface area contributed by atoms with Crippen LogP contribution in [0, 0.1) is 0 Å². The van der Waals surface area contributed by atoms with Crippen molar-refractivity contribution in [3.8, 4) is 0 Å². The Kier molecular flexibility index (Phi) is 2.56. The molecule has 0 saturated carbocycles. The average Bonchev–Trinajstić information content (AvgIpc) is 1.77. The topological polar surface area (TPSA) is 0 Å². The molecule has 8 heavy (non-hydrogen) atoms. The zero-order chi connectivity index (χ0) is 5.98. The van der Waals surface area contributed by atoms with E-state index in [0.717, 1.165) is 0 Å². The summed E-state index contributed by atoms with van der Waals surface area (Å²) < 4.78 is 2.60. The molecule has 0 nitrogen and oxygen atoms in total. The lowest BCUT2D eigenvalue weighted by Gasteiger charge is -2.02. The van der Waals surface area contributed by atoms with Crippen molar-refractivity contribution in [2.75, 3.05) is 0 Å². The number of hydrogen-bond acceptors (Lipinski definition) is 0. The number of allylic oxidation sites excluding steroid dienone is 4. The van der Waals surface area contributed by atoms with Crippen molar-refractivity contribution in [1.82, 2.24) is 0 Å². The molecule has 0 fully saturated rings. The van der Waals surface area contributed by atoms with Gasteiger partial charge in [-0.3, -0.25) is 0 Å². The Morgan fingerprint density at radius 3 is 2.38 bits per heavy atom. The van der Waals surface area contributed by atoms with Gasteiger partial charge in [0.15, 0.2) is 0 Å². The maximum Gasteiger partial charge on any atom is 0.0265 e. The third-order valence-electron chi connectivity index (χ3n) is 1.04. The second-order valence-corrected chi connectivity index (χ2v) is 3.70. The summed E-state index contributed by atoms with van der Waals surface area (Å²) in [5, 5.41) is 0. The molecule has 0 spiro atoms. The first-order valence-electron chi connectivity index (χ1n) is 2.52. The SMILES string of the molecule is BrC1=CCCC=C1I. The summed E-state index contributed by atoms with van der Waals surface area (Å²) in [6.45, 7) is 0. The van der Waals surface area contributed by atoms with E-state index in [2.05, 4.69) is 50.7 Å². The minimum absolute atomic E-state index is 1.19. The molecule has 0 unspecified atom stereocenters. The predicted octanol–water partition coefficient (Wildman–Crippen LogP) is 3.38. The summed E-state index contributed by atoms with van der Waals surface area (Å²) in [6.07, 6.45) is 6.84. The van der Waals surface area contributed by atoms with Crippen LogP contribution in [0.5, 0.6) is 0 Å². The summed E-state index contributed by atoms with van der Waals surface area (Å²) >= 11 is 5.77. The van der Waals surface area contributed by atoms with E-state index in [-0.39, 0.29) is 0 Å². The zero-order valence-corrected chi connectivity index (χ0v) is 8.07. The molecule has 0 heterocycles. The van der Waals surface area contributed by atoms with Crippen molar-refractivity contribution in [2.45, 2.75) is 12.8 Å². The Bertz CT molecular complexity index is 129. The molecule has 1 aliphatic rings.